The van der Waals surface area contributed by atoms with E-state index in [0.29, 0.717) is 0 Å². The molecule has 0 aliphatic heterocycles. The van der Waals surface area contributed by atoms with Crippen LogP contribution in [0.15, 0.2) is 0 Å². The summed E-state index contributed by atoms with van der Waals surface area (Å²) in [4.78, 5) is 0. The molecule has 0 saturated carbocycles. The van der Waals surface area contributed by atoms with E-state index in [1.165, 1.54) is 0 Å². The van der Waals surface area contributed by atoms with E-state index < -0.39 is 0 Å². The molecule has 0 aliphatic rings. The summed E-state index contributed by atoms with van der Waals surface area (Å²) in [6.45, 7) is 0. The first-order chi connectivity index (χ1) is 0. The van der Waals surface area contributed by atoms with Gasteiger partial charge in [-0.25, -0.2) is 0 Å². The van der Waals surface area contributed by atoms with E-state index >= 15 is 0 Å². The maximum absolute atomic E-state index is 0. The third kappa shape index (κ3) is 113. The molecular weight excluding hydrogens is 534 g/mol. The van der Waals surface area contributed by atoms with Gasteiger partial charge < -0.3 is 99.3 Å². The molecule has 64 valence electrons. The molecule has 0 unspecified atom stereocenters. The second kappa shape index (κ2) is 132. The molecule has 0 atom stereocenters. The average Bonchev–Trinajstić information content (AvgIpc) is 0. The number of halogens is 8. The number of hydrogen-bond acceptors (Lipinski definition) is 0. The van der Waals surface area contributed by atoms with Crippen LogP contribution in [-0.2, 0) is 19.5 Å². The van der Waals surface area contributed by atoms with Gasteiger partial charge in [0.1, 0.15) is 0 Å². The fourth-order valence-electron chi connectivity index (χ4n) is 0. The maximum Gasteiger partial charge on any atom is 3.00 e. The van der Waals surface area contributed by atoms with Crippen molar-refractivity contribution in [3.8, 4) is 0 Å². The Bertz CT molecular complexity index is 14.1. The van der Waals surface area contributed by atoms with Gasteiger partial charge in [0.25, 0.3) is 0 Å². The van der Waals surface area contributed by atoms with Crippen molar-refractivity contribution >= 4 is 45.6 Å². The van der Waals surface area contributed by atoms with Gasteiger partial charge in [-0.3, -0.25) is 0 Å². The van der Waals surface area contributed by atoms with Crippen LogP contribution in [0.3, 0.4) is 0 Å². The molecular formula is Cl8GaInZn. The fraction of sp³-hybridized carbons (Fsp3) is 0. The van der Waals surface area contributed by atoms with E-state index in [2.05, 4.69) is 0 Å². The molecule has 0 fully saturated rings. The first-order valence-corrected chi connectivity index (χ1v) is 0. The van der Waals surface area contributed by atoms with Crippen LogP contribution >= 0.6 is 0 Å². The van der Waals surface area contributed by atoms with Crippen molar-refractivity contribution in [3.63, 3.8) is 0 Å². The Kier molecular flexibility index (Phi) is 1960. The van der Waals surface area contributed by atoms with Gasteiger partial charge in [-0.05, 0) is 0 Å². The predicted molar refractivity (Wildman–Crippen MR) is 11.5 cm³/mol. The van der Waals surface area contributed by atoms with Crippen LogP contribution in [-0.4, -0.2) is 45.6 Å². The van der Waals surface area contributed by atoms with Crippen LogP contribution in [0.5, 0.6) is 0 Å². The van der Waals surface area contributed by atoms with E-state index in [9.17, 15) is 0 Å². The van der Waals surface area contributed by atoms with E-state index in [1.54, 1.807) is 0 Å². The molecule has 0 aliphatic carbocycles. The van der Waals surface area contributed by atoms with Crippen LogP contribution in [0, 0.1) is 0 Å². The van der Waals surface area contributed by atoms with Gasteiger partial charge in [0.05, 0.1) is 0 Å². The topological polar surface area (TPSA) is 0 Å². The first-order valence-electron chi connectivity index (χ1n) is 0. The van der Waals surface area contributed by atoms with Crippen LogP contribution in [0.4, 0.5) is 0 Å². The molecule has 0 aromatic carbocycles. The molecule has 0 amide bonds. The first kappa shape index (κ1) is 163. The van der Waals surface area contributed by atoms with Crippen LogP contribution in [0.1, 0.15) is 0 Å². The van der Waals surface area contributed by atoms with Gasteiger partial charge in [0.2, 0.25) is 0 Å². The van der Waals surface area contributed by atoms with Crippen molar-refractivity contribution in [1.82, 2.24) is 0 Å². The summed E-state index contributed by atoms with van der Waals surface area (Å²) in [5, 5.41) is 0. The summed E-state index contributed by atoms with van der Waals surface area (Å²) < 4.78 is 0. The van der Waals surface area contributed by atoms with Crippen molar-refractivity contribution in [1.29, 1.82) is 0 Å². The SMILES string of the molecule is [Cl-].[Cl-].[Cl-].[Cl-].[Cl-].[Cl-].[Cl-].[Cl-].[Ga+3].[In+3].[Zn+2]. The van der Waals surface area contributed by atoms with Gasteiger partial charge in [-0.2, -0.15) is 0 Å². The maximum atomic E-state index is 0. The quantitative estimate of drug-likeness (QED) is 0.272. The normalized spacial score (nSPS) is 0. The number of hydrogen-bond donors (Lipinski definition) is 0. The molecule has 0 heterocycles. The van der Waals surface area contributed by atoms with E-state index in [1.807, 2.05) is 0 Å². The minimum Gasteiger partial charge on any atom is -1.00 e. The van der Waals surface area contributed by atoms with Crippen molar-refractivity contribution in [2.45, 2.75) is 0 Å². The Balaban J connectivity index is 0. The van der Waals surface area contributed by atoms with Crippen LogP contribution in [0.25, 0.3) is 0 Å². The van der Waals surface area contributed by atoms with Gasteiger partial charge in [0.15, 0.2) is 0 Å². The third-order valence-corrected chi connectivity index (χ3v) is 0. The molecule has 11 heteroatoms. The van der Waals surface area contributed by atoms with Crippen LogP contribution < -0.4 is 99.3 Å². The van der Waals surface area contributed by atoms with E-state index in [4.69, 9.17) is 0 Å². The van der Waals surface area contributed by atoms with Crippen molar-refractivity contribution in [2.75, 3.05) is 0 Å². The second-order valence-corrected chi connectivity index (χ2v) is 0. The fourth-order valence-corrected chi connectivity index (χ4v) is 0. The smallest absolute Gasteiger partial charge is 1.00 e. The molecule has 0 aromatic rings. The largest absolute Gasteiger partial charge is 3.00 e. The molecule has 0 rings (SSSR count). The summed E-state index contributed by atoms with van der Waals surface area (Å²) in [5.74, 6) is 0. The molecule has 11 heavy (non-hydrogen) atoms. The monoisotopic (exact) mass is 528 g/mol. The Labute approximate surface area is 162 Å². The minimum atomic E-state index is 0. The molecule has 0 aromatic heterocycles. The summed E-state index contributed by atoms with van der Waals surface area (Å²) >= 11 is 0. The predicted octanol–water partition coefficient (Wildman–Crippen LogP) is -24.7. The molecule has 0 bridgehead atoms. The molecule has 0 nitrogen and oxygen atoms in total. The van der Waals surface area contributed by atoms with Gasteiger partial charge in [-0.15, -0.1) is 0 Å². The number of rotatable bonds is 0. The minimum absolute atomic E-state index is 0. The van der Waals surface area contributed by atoms with E-state index in [-0.39, 0.29) is 164 Å². The zero-order chi connectivity index (χ0) is 0. The molecule has 0 N–H and O–H groups in total. The molecule has 0 radical (unpaired) electrons. The summed E-state index contributed by atoms with van der Waals surface area (Å²) in [6, 6.07) is 0. The molecule has 0 saturated heterocycles. The van der Waals surface area contributed by atoms with Crippen molar-refractivity contribution in [3.05, 3.63) is 0 Å². The van der Waals surface area contributed by atoms with Gasteiger partial charge in [-0.1, -0.05) is 0 Å². The van der Waals surface area contributed by atoms with Crippen LogP contribution in [0.2, 0.25) is 0 Å². The summed E-state index contributed by atoms with van der Waals surface area (Å²) in [6.07, 6.45) is 0. The standard InChI is InChI=1S/8ClH.Ga.In.Zn/h8*1H;;;/q;;;;;;;;2*+3;+2/p-8. The Morgan fingerprint density at radius 2 is 0.364 bits per heavy atom. The summed E-state index contributed by atoms with van der Waals surface area (Å²) in [5.41, 5.74) is 0. The zero-order valence-electron chi connectivity index (χ0n) is 4.89. The van der Waals surface area contributed by atoms with Crippen molar-refractivity contribution < 1.29 is 119 Å². The zero-order valence-corrected chi connectivity index (χ0v) is 19.6. The summed E-state index contributed by atoms with van der Waals surface area (Å²) in [7, 11) is 0. The Morgan fingerprint density at radius 1 is 0.364 bits per heavy atom. The van der Waals surface area contributed by atoms with Gasteiger partial charge >= 0.3 is 65.1 Å². The third-order valence-electron chi connectivity index (χ3n) is 0. The van der Waals surface area contributed by atoms with Gasteiger partial charge in [0, 0.05) is 0 Å². The average molecular weight is 534 g/mol. The van der Waals surface area contributed by atoms with E-state index in [0.717, 1.165) is 0 Å². The Hall–Kier alpha value is 4.45. The Morgan fingerprint density at radius 3 is 0.364 bits per heavy atom. The molecule has 0 spiro atoms. The van der Waals surface area contributed by atoms with Crippen molar-refractivity contribution in [2.24, 2.45) is 0 Å². The second-order valence-electron chi connectivity index (χ2n) is 0.